The van der Waals surface area contributed by atoms with E-state index in [4.69, 9.17) is 16.5 Å². The minimum Gasteiger partial charge on any atom is -0.402 e. The van der Waals surface area contributed by atoms with Crippen LogP contribution in [-0.2, 0) is 0 Å². The average Bonchev–Trinajstić information content (AvgIpc) is 3.21. The Morgan fingerprint density at radius 2 is 1.92 bits per heavy atom. The number of aryl methyl sites for hydroxylation is 2. The van der Waals surface area contributed by atoms with Gasteiger partial charge >= 0.3 is 6.55 Å². The molecular weight excluding hydrogens is 464 g/mol. The predicted molar refractivity (Wildman–Crippen MR) is 139 cm³/mol. The van der Waals surface area contributed by atoms with Gasteiger partial charge in [0, 0.05) is 34.9 Å². The normalized spacial score (nSPS) is 13.1. The number of hydrogen-bond donors (Lipinski definition) is 4. The summed E-state index contributed by atoms with van der Waals surface area (Å²) in [4.78, 5) is 6.51. The smallest absolute Gasteiger partial charge is 0.333 e. The molecule has 0 aliphatic heterocycles. The van der Waals surface area contributed by atoms with E-state index in [-0.39, 0.29) is 0 Å². The van der Waals surface area contributed by atoms with Crippen molar-refractivity contribution < 1.29 is 13.9 Å². The molecule has 3 rings (SSSR count). The Morgan fingerprint density at radius 3 is 2.47 bits per heavy atom. The van der Waals surface area contributed by atoms with Crippen molar-refractivity contribution in [1.82, 2.24) is 14.8 Å². The van der Waals surface area contributed by atoms with Crippen LogP contribution >= 0.6 is 0 Å². The number of nitrogens with one attached hydrogen (secondary N) is 1. The second kappa shape index (κ2) is 11.0. The van der Waals surface area contributed by atoms with Crippen LogP contribution in [0.15, 0.2) is 73.0 Å². The summed E-state index contributed by atoms with van der Waals surface area (Å²) in [5.74, 6) is 0.938. The first-order valence-corrected chi connectivity index (χ1v) is 11.2. The molecule has 0 bridgehead atoms. The number of benzene rings is 1. The number of nitrogens with two attached hydrogens (primary N) is 2. The number of nitrogens with zero attached hydrogens (tertiary/aromatic N) is 4. The molecule has 0 aliphatic rings. The topological polar surface area (TPSA) is 118 Å². The first kappa shape index (κ1) is 26.4. The van der Waals surface area contributed by atoms with Crippen molar-refractivity contribution in [3.05, 3.63) is 89.8 Å². The number of anilines is 3. The van der Waals surface area contributed by atoms with Crippen molar-refractivity contribution in [3.8, 4) is 11.3 Å². The van der Waals surface area contributed by atoms with Crippen molar-refractivity contribution in [2.75, 3.05) is 10.2 Å². The summed E-state index contributed by atoms with van der Waals surface area (Å²) < 4.78 is 27.1. The van der Waals surface area contributed by atoms with Gasteiger partial charge in [0.1, 0.15) is 11.6 Å². The molecule has 36 heavy (non-hydrogen) atoms. The molecule has 0 aliphatic carbocycles. The van der Waals surface area contributed by atoms with E-state index in [1.807, 2.05) is 25.1 Å². The molecule has 0 saturated heterocycles. The second-order valence-electron chi connectivity index (χ2n) is 8.38. The van der Waals surface area contributed by atoms with E-state index in [1.165, 1.54) is 6.20 Å². The molecule has 0 radical (unpaired) electrons. The van der Waals surface area contributed by atoms with Crippen LogP contribution < -0.4 is 21.7 Å². The van der Waals surface area contributed by atoms with Gasteiger partial charge in [0.2, 0.25) is 0 Å². The average molecular weight is 496 g/mol. The number of pyridine rings is 1. The largest absolute Gasteiger partial charge is 0.402 e. The van der Waals surface area contributed by atoms with E-state index in [0.717, 1.165) is 16.9 Å². The quantitative estimate of drug-likeness (QED) is 0.295. The molecule has 0 saturated carbocycles. The van der Waals surface area contributed by atoms with Gasteiger partial charge in [-0.3, -0.25) is 0 Å². The first-order valence-electron chi connectivity index (χ1n) is 11.2. The van der Waals surface area contributed by atoms with Gasteiger partial charge in [-0.25, -0.2) is 9.67 Å². The van der Waals surface area contributed by atoms with Crippen molar-refractivity contribution in [2.24, 2.45) is 11.5 Å². The van der Waals surface area contributed by atoms with Crippen LogP contribution in [0.1, 0.15) is 43.3 Å². The third kappa shape index (κ3) is 5.89. The summed E-state index contributed by atoms with van der Waals surface area (Å²) in [6.07, 6.45) is 5.37. The highest BCUT2D eigenvalue weighted by atomic mass is 19.3. The van der Waals surface area contributed by atoms with E-state index in [9.17, 15) is 13.9 Å². The van der Waals surface area contributed by atoms with Gasteiger partial charge in [-0.2, -0.15) is 13.9 Å². The molecule has 1 atom stereocenters. The summed E-state index contributed by atoms with van der Waals surface area (Å²) in [5.41, 5.74) is 16.4. The molecule has 0 amide bonds. The fraction of sp³-hybridized carbons (Fsp3) is 0.231. The fourth-order valence-corrected chi connectivity index (χ4v) is 3.71. The maximum Gasteiger partial charge on any atom is 0.333 e. The van der Waals surface area contributed by atoms with Crippen molar-refractivity contribution in [2.45, 2.75) is 40.3 Å². The summed E-state index contributed by atoms with van der Waals surface area (Å²) in [7, 11) is 0. The third-order valence-electron chi connectivity index (χ3n) is 5.43. The molecule has 0 fully saturated rings. The number of aliphatic hydroxyl groups excluding tert-OH is 1. The Bertz CT molecular complexity index is 1310. The lowest BCUT2D eigenvalue weighted by Gasteiger charge is -2.23. The molecule has 10 heteroatoms. The Kier molecular flexibility index (Phi) is 8.11. The van der Waals surface area contributed by atoms with Crippen LogP contribution in [0.5, 0.6) is 0 Å². The Labute approximate surface area is 209 Å². The molecular formula is C26H31F2N7O. The summed E-state index contributed by atoms with van der Waals surface area (Å²) in [6.45, 7) is 8.07. The van der Waals surface area contributed by atoms with Gasteiger partial charge in [-0.1, -0.05) is 12.6 Å². The van der Waals surface area contributed by atoms with Crippen LogP contribution in [0.2, 0.25) is 0 Å². The van der Waals surface area contributed by atoms with Gasteiger partial charge in [0.25, 0.3) is 0 Å². The van der Waals surface area contributed by atoms with Crippen molar-refractivity contribution >= 4 is 17.2 Å². The highest BCUT2D eigenvalue weighted by Gasteiger charge is 2.21. The van der Waals surface area contributed by atoms with Gasteiger partial charge in [0.05, 0.1) is 23.2 Å². The molecule has 0 spiro atoms. The van der Waals surface area contributed by atoms with E-state index in [1.54, 1.807) is 56.2 Å². The molecule has 2 heterocycles. The van der Waals surface area contributed by atoms with E-state index in [2.05, 4.69) is 17.0 Å². The number of aromatic nitrogens is 3. The molecule has 2 aromatic heterocycles. The summed E-state index contributed by atoms with van der Waals surface area (Å²) in [5, 5.41) is 17.3. The lowest BCUT2D eigenvalue weighted by molar-refractivity contribution is 0.0563. The molecule has 190 valence electrons. The number of alkyl halides is 2. The van der Waals surface area contributed by atoms with Crippen LogP contribution in [0.4, 0.5) is 26.0 Å². The minimum atomic E-state index is -2.78. The predicted octanol–water partition coefficient (Wildman–Crippen LogP) is 5.37. The van der Waals surface area contributed by atoms with Gasteiger partial charge in [-0.05, 0) is 69.7 Å². The zero-order valence-corrected chi connectivity index (χ0v) is 20.7. The molecule has 1 aromatic carbocycles. The van der Waals surface area contributed by atoms with Crippen molar-refractivity contribution in [1.29, 1.82) is 0 Å². The van der Waals surface area contributed by atoms with Crippen LogP contribution in [0.3, 0.4) is 0 Å². The number of halogens is 2. The molecule has 8 nitrogen and oxygen atoms in total. The zero-order chi connectivity index (χ0) is 26.6. The second-order valence-corrected chi connectivity index (χ2v) is 8.38. The maximum absolute atomic E-state index is 13.2. The Balaban J connectivity index is 2.02. The standard InChI is InChI=1S/C26H31F2N7O/c1-6-34(22-10-8-19(13-15(22)2)31-23(30)11-7-16(3)29)24-12-9-20(18(5)36)25(32-24)21-14-35(26(27)28)33-17(21)4/h6-14,18,26,31,36H,1,29-30H2,2-5H3/b16-7-,23-11+. The SMILES string of the molecule is C=CN(c1ccc(C(C)O)c(-c2cn(C(F)F)nc2C)n1)c1ccc(N/C(N)=C/C=C(/C)N)cc1C. The third-order valence-corrected chi connectivity index (χ3v) is 5.43. The zero-order valence-electron chi connectivity index (χ0n) is 20.7. The van der Waals surface area contributed by atoms with Crippen LogP contribution in [-0.4, -0.2) is 19.9 Å². The van der Waals surface area contributed by atoms with Crippen molar-refractivity contribution in [3.63, 3.8) is 0 Å². The van der Waals surface area contributed by atoms with Gasteiger partial charge < -0.3 is 26.8 Å². The number of allylic oxidation sites excluding steroid dienone is 3. The first-order chi connectivity index (χ1) is 17.0. The highest BCUT2D eigenvalue weighted by molar-refractivity contribution is 5.73. The Morgan fingerprint density at radius 1 is 1.19 bits per heavy atom. The summed E-state index contributed by atoms with van der Waals surface area (Å²) in [6, 6.07) is 9.14. The Hall–Kier alpha value is -4.18. The number of aliphatic hydroxyl groups is 1. The lowest BCUT2D eigenvalue weighted by atomic mass is 10.0. The van der Waals surface area contributed by atoms with E-state index in [0.29, 0.717) is 44.5 Å². The highest BCUT2D eigenvalue weighted by Crippen LogP contribution is 2.35. The molecule has 3 aromatic rings. The van der Waals surface area contributed by atoms with E-state index >= 15 is 0 Å². The van der Waals surface area contributed by atoms with Crippen LogP contribution in [0, 0.1) is 13.8 Å². The monoisotopic (exact) mass is 495 g/mol. The van der Waals surface area contributed by atoms with E-state index < -0.39 is 12.7 Å². The lowest BCUT2D eigenvalue weighted by Crippen LogP contribution is -2.13. The minimum absolute atomic E-state index is 0.371. The number of rotatable bonds is 9. The maximum atomic E-state index is 13.2. The fourth-order valence-electron chi connectivity index (χ4n) is 3.71. The summed E-state index contributed by atoms with van der Waals surface area (Å²) >= 11 is 0. The molecule has 6 N–H and O–H groups in total. The van der Waals surface area contributed by atoms with Gasteiger partial charge in [-0.15, -0.1) is 0 Å². The van der Waals surface area contributed by atoms with Crippen LogP contribution in [0.25, 0.3) is 11.3 Å². The number of hydrogen-bond acceptors (Lipinski definition) is 7. The molecule has 1 unspecified atom stereocenters. The van der Waals surface area contributed by atoms with Gasteiger partial charge in [0.15, 0.2) is 0 Å².